The van der Waals surface area contributed by atoms with Crippen LogP contribution in [0.15, 0.2) is 12.1 Å². The van der Waals surface area contributed by atoms with Crippen LogP contribution in [0.1, 0.15) is 18.4 Å². The number of likely N-dealkylation sites (tertiary alicyclic amines) is 1. The highest BCUT2D eigenvalue weighted by Crippen LogP contribution is 2.31. The second-order valence-corrected chi connectivity index (χ2v) is 5.84. The topological polar surface area (TPSA) is 24.5 Å². The molecule has 1 fully saturated rings. The van der Waals surface area contributed by atoms with Gasteiger partial charge in [-0.3, -0.25) is 0 Å². The van der Waals surface area contributed by atoms with E-state index >= 15 is 0 Å². The largest absolute Gasteiger partial charge is 0.495 e. The van der Waals surface area contributed by atoms with Crippen LogP contribution in [0.25, 0.3) is 0 Å². The molecule has 1 heterocycles. The predicted octanol–water partition coefficient (Wildman–Crippen LogP) is 3.41. The van der Waals surface area contributed by atoms with Gasteiger partial charge in [-0.05, 0) is 57.5 Å². The average molecular weight is 283 g/mol. The first-order chi connectivity index (χ1) is 9.10. The Balaban J connectivity index is 1.97. The van der Waals surface area contributed by atoms with Crippen molar-refractivity contribution in [2.45, 2.75) is 19.8 Å². The first kappa shape index (κ1) is 14.5. The van der Waals surface area contributed by atoms with E-state index in [-0.39, 0.29) is 0 Å². The summed E-state index contributed by atoms with van der Waals surface area (Å²) in [7, 11) is 3.87. The van der Waals surface area contributed by atoms with Crippen molar-refractivity contribution in [2.75, 3.05) is 39.1 Å². The predicted molar refractivity (Wildman–Crippen MR) is 81.5 cm³/mol. The van der Waals surface area contributed by atoms with Crippen LogP contribution in [0.2, 0.25) is 5.02 Å². The van der Waals surface area contributed by atoms with E-state index in [2.05, 4.69) is 23.3 Å². The van der Waals surface area contributed by atoms with E-state index in [9.17, 15) is 0 Å². The molecule has 1 aliphatic heterocycles. The van der Waals surface area contributed by atoms with Gasteiger partial charge in [0.1, 0.15) is 5.75 Å². The number of methoxy groups -OCH3 is 1. The summed E-state index contributed by atoms with van der Waals surface area (Å²) in [6.45, 7) is 5.42. The van der Waals surface area contributed by atoms with E-state index in [1.54, 1.807) is 7.11 Å². The normalized spacial score (nSPS) is 17.5. The summed E-state index contributed by atoms with van der Waals surface area (Å²) in [6, 6.07) is 3.95. The average Bonchev–Trinajstić information content (AvgIpc) is 2.41. The fourth-order valence-electron chi connectivity index (χ4n) is 2.49. The smallest absolute Gasteiger partial charge is 0.143 e. The molecule has 0 spiro atoms. The van der Waals surface area contributed by atoms with Crippen LogP contribution >= 0.6 is 11.6 Å². The molecule has 0 amide bonds. The Morgan fingerprint density at radius 1 is 1.37 bits per heavy atom. The van der Waals surface area contributed by atoms with Crippen LogP contribution in [0.4, 0.5) is 5.69 Å². The maximum Gasteiger partial charge on any atom is 0.143 e. The summed E-state index contributed by atoms with van der Waals surface area (Å²) in [5.74, 6) is 1.57. The SMILES string of the molecule is COc1cc(Cl)c(C)cc1NCC1CCN(C)CC1. The lowest BCUT2D eigenvalue weighted by molar-refractivity contribution is 0.226. The second kappa shape index (κ2) is 6.49. The molecule has 0 bridgehead atoms. The lowest BCUT2D eigenvalue weighted by Gasteiger charge is -2.29. The van der Waals surface area contributed by atoms with Crippen LogP contribution in [0.3, 0.4) is 0 Å². The van der Waals surface area contributed by atoms with Crippen molar-refractivity contribution in [2.24, 2.45) is 5.92 Å². The van der Waals surface area contributed by atoms with Crippen molar-refractivity contribution in [1.29, 1.82) is 0 Å². The minimum atomic E-state index is 0.747. The van der Waals surface area contributed by atoms with Crippen molar-refractivity contribution in [1.82, 2.24) is 4.90 Å². The van der Waals surface area contributed by atoms with Crippen LogP contribution in [0, 0.1) is 12.8 Å². The standard InChI is InChI=1S/C15H23ClN2O/c1-11-8-14(15(19-3)9-13(11)16)17-10-12-4-6-18(2)7-5-12/h8-9,12,17H,4-7,10H2,1-3H3. The molecule has 4 heteroatoms. The lowest BCUT2D eigenvalue weighted by Crippen LogP contribution is -2.33. The van der Waals surface area contributed by atoms with Gasteiger partial charge in [-0.15, -0.1) is 0 Å². The van der Waals surface area contributed by atoms with Crippen LogP contribution < -0.4 is 10.1 Å². The zero-order chi connectivity index (χ0) is 13.8. The number of nitrogens with zero attached hydrogens (tertiary/aromatic N) is 1. The number of ether oxygens (including phenoxy) is 1. The summed E-state index contributed by atoms with van der Waals surface area (Å²) >= 11 is 6.12. The van der Waals surface area contributed by atoms with Crippen molar-refractivity contribution >= 4 is 17.3 Å². The van der Waals surface area contributed by atoms with Crippen LogP contribution in [-0.4, -0.2) is 38.7 Å². The zero-order valence-electron chi connectivity index (χ0n) is 12.0. The number of anilines is 1. The molecule has 2 rings (SSSR count). The fraction of sp³-hybridized carbons (Fsp3) is 0.600. The number of piperidine rings is 1. The second-order valence-electron chi connectivity index (χ2n) is 5.43. The quantitative estimate of drug-likeness (QED) is 0.916. The molecular weight excluding hydrogens is 260 g/mol. The Kier molecular flexibility index (Phi) is 4.94. The van der Waals surface area contributed by atoms with Crippen molar-refractivity contribution < 1.29 is 4.74 Å². The Morgan fingerprint density at radius 2 is 2.05 bits per heavy atom. The van der Waals surface area contributed by atoms with Gasteiger partial charge in [-0.25, -0.2) is 0 Å². The molecule has 1 aliphatic rings. The Morgan fingerprint density at radius 3 is 2.68 bits per heavy atom. The van der Waals surface area contributed by atoms with Crippen LogP contribution in [0.5, 0.6) is 5.75 Å². The van der Waals surface area contributed by atoms with Gasteiger partial charge < -0.3 is 15.0 Å². The van der Waals surface area contributed by atoms with E-state index < -0.39 is 0 Å². The highest BCUT2D eigenvalue weighted by Gasteiger charge is 2.17. The Hall–Kier alpha value is -0.930. The Bertz CT molecular complexity index is 428. The molecule has 1 saturated heterocycles. The molecule has 19 heavy (non-hydrogen) atoms. The summed E-state index contributed by atoms with van der Waals surface area (Å²) in [4.78, 5) is 2.39. The maximum absolute atomic E-state index is 6.12. The number of hydrogen-bond acceptors (Lipinski definition) is 3. The van der Waals surface area contributed by atoms with Crippen molar-refractivity contribution in [3.8, 4) is 5.75 Å². The maximum atomic E-state index is 6.12. The Labute approximate surface area is 120 Å². The number of halogens is 1. The van der Waals surface area contributed by atoms with Gasteiger partial charge in [0.15, 0.2) is 0 Å². The van der Waals surface area contributed by atoms with Crippen LogP contribution in [-0.2, 0) is 0 Å². The van der Waals surface area contributed by atoms with E-state index in [0.29, 0.717) is 0 Å². The molecule has 0 aromatic heterocycles. The van der Waals surface area contributed by atoms with E-state index in [4.69, 9.17) is 16.3 Å². The fourth-order valence-corrected chi connectivity index (χ4v) is 2.64. The summed E-state index contributed by atoms with van der Waals surface area (Å²) in [5.41, 5.74) is 2.12. The molecule has 1 aromatic rings. The molecule has 0 unspecified atom stereocenters. The van der Waals surface area contributed by atoms with Crippen molar-refractivity contribution in [3.05, 3.63) is 22.7 Å². The third-order valence-electron chi connectivity index (χ3n) is 3.90. The molecule has 1 aromatic carbocycles. The molecule has 0 aliphatic carbocycles. The van der Waals surface area contributed by atoms with Gasteiger partial charge in [0.2, 0.25) is 0 Å². The van der Waals surface area contributed by atoms with E-state index in [0.717, 1.165) is 34.5 Å². The van der Waals surface area contributed by atoms with Gasteiger partial charge in [0.25, 0.3) is 0 Å². The zero-order valence-corrected chi connectivity index (χ0v) is 12.8. The number of aryl methyl sites for hydroxylation is 1. The van der Waals surface area contributed by atoms with Crippen molar-refractivity contribution in [3.63, 3.8) is 0 Å². The summed E-state index contributed by atoms with van der Waals surface area (Å²) in [6.07, 6.45) is 2.52. The highest BCUT2D eigenvalue weighted by molar-refractivity contribution is 6.31. The number of rotatable bonds is 4. The number of nitrogens with one attached hydrogen (secondary N) is 1. The third kappa shape index (κ3) is 3.77. The first-order valence-corrected chi connectivity index (χ1v) is 7.24. The van der Waals surface area contributed by atoms with Gasteiger partial charge in [0.05, 0.1) is 12.8 Å². The minimum absolute atomic E-state index is 0.747. The highest BCUT2D eigenvalue weighted by atomic mass is 35.5. The monoisotopic (exact) mass is 282 g/mol. The lowest BCUT2D eigenvalue weighted by atomic mass is 9.97. The third-order valence-corrected chi connectivity index (χ3v) is 4.31. The van der Waals surface area contributed by atoms with Gasteiger partial charge in [-0.1, -0.05) is 11.6 Å². The molecular formula is C15H23ClN2O. The molecule has 0 atom stereocenters. The minimum Gasteiger partial charge on any atom is -0.495 e. The molecule has 1 N–H and O–H groups in total. The summed E-state index contributed by atoms with van der Waals surface area (Å²) in [5, 5.41) is 4.27. The first-order valence-electron chi connectivity index (χ1n) is 6.86. The van der Waals surface area contributed by atoms with Gasteiger partial charge in [-0.2, -0.15) is 0 Å². The van der Waals surface area contributed by atoms with E-state index in [1.807, 2.05) is 13.0 Å². The van der Waals surface area contributed by atoms with Gasteiger partial charge >= 0.3 is 0 Å². The molecule has 3 nitrogen and oxygen atoms in total. The number of benzene rings is 1. The molecule has 0 saturated carbocycles. The van der Waals surface area contributed by atoms with E-state index in [1.165, 1.54) is 25.9 Å². The summed E-state index contributed by atoms with van der Waals surface area (Å²) < 4.78 is 5.38. The molecule has 106 valence electrons. The van der Waals surface area contributed by atoms with Gasteiger partial charge in [0, 0.05) is 17.6 Å². The number of hydrogen-bond donors (Lipinski definition) is 1. The molecule has 0 radical (unpaired) electrons.